The number of halogens is 4. The molecule has 110 valence electrons. The predicted molar refractivity (Wildman–Crippen MR) is 69.4 cm³/mol. The topological polar surface area (TPSA) is 42.0 Å². The maximum atomic E-state index is 12.9. The normalized spacial score (nSPS) is 23.4. The van der Waals surface area contributed by atoms with Crippen LogP contribution in [0.15, 0.2) is 18.3 Å². The van der Waals surface area contributed by atoms with Gasteiger partial charge in [0.15, 0.2) is 5.82 Å². The van der Waals surface area contributed by atoms with Gasteiger partial charge in [0, 0.05) is 12.1 Å². The molecule has 7 heteroatoms. The van der Waals surface area contributed by atoms with Gasteiger partial charge in [0.1, 0.15) is 0 Å². The summed E-state index contributed by atoms with van der Waals surface area (Å²) in [7, 11) is 0. The molecule has 0 bridgehead atoms. The zero-order valence-electron chi connectivity index (χ0n) is 10.6. The summed E-state index contributed by atoms with van der Waals surface area (Å²) in [6.45, 7) is 0. The third kappa shape index (κ3) is 3.42. The van der Waals surface area contributed by atoms with E-state index in [0.29, 0.717) is 12.8 Å². The van der Waals surface area contributed by atoms with E-state index in [1.165, 1.54) is 12.3 Å². The molecule has 0 radical (unpaired) electrons. The highest BCUT2D eigenvalue weighted by atomic mass is 35.5. The van der Waals surface area contributed by atoms with Crippen molar-refractivity contribution < 1.29 is 18.0 Å². The van der Waals surface area contributed by atoms with Crippen LogP contribution in [0.1, 0.15) is 25.7 Å². The second kappa shape index (κ2) is 5.99. The van der Waals surface area contributed by atoms with E-state index in [1.54, 1.807) is 6.07 Å². The van der Waals surface area contributed by atoms with E-state index in [2.05, 4.69) is 10.3 Å². The number of pyridine rings is 1. The molecule has 1 aromatic heterocycles. The fraction of sp³-hybridized carbons (Fsp3) is 0.538. The first-order valence-electron chi connectivity index (χ1n) is 6.37. The van der Waals surface area contributed by atoms with Gasteiger partial charge in [-0.15, -0.1) is 0 Å². The van der Waals surface area contributed by atoms with Crippen molar-refractivity contribution in [2.75, 3.05) is 5.32 Å². The number of hydrogen-bond acceptors (Lipinski definition) is 2. The summed E-state index contributed by atoms with van der Waals surface area (Å²) >= 11 is 5.83. The average Bonchev–Trinajstić information content (AvgIpc) is 2.40. The molecular formula is C13H14ClF3N2O. The van der Waals surface area contributed by atoms with E-state index < -0.39 is 23.9 Å². The van der Waals surface area contributed by atoms with Crippen LogP contribution in [-0.4, -0.2) is 17.1 Å². The van der Waals surface area contributed by atoms with Crippen LogP contribution in [0.2, 0.25) is 5.02 Å². The molecular weight excluding hydrogens is 293 g/mol. The van der Waals surface area contributed by atoms with Crippen LogP contribution in [0.25, 0.3) is 0 Å². The van der Waals surface area contributed by atoms with Crippen LogP contribution in [0.5, 0.6) is 0 Å². The third-order valence-corrected chi connectivity index (χ3v) is 3.83. The first kappa shape index (κ1) is 15.1. The van der Waals surface area contributed by atoms with Gasteiger partial charge in [-0.3, -0.25) is 4.79 Å². The van der Waals surface area contributed by atoms with E-state index in [1.807, 2.05) is 0 Å². The standard InChI is InChI=1S/C13H14ClF3N2O/c14-10-6-3-7-18-11(10)19-12(20)8-4-1-2-5-9(8)13(15,16)17/h3,6-9H,1-2,4-5H2,(H,18,19,20). The number of nitrogens with zero attached hydrogens (tertiary/aromatic N) is 1. The van der Waals surface area contributed by atoms with Crippen LogP contribution in [-0.2, 0) is 4.79 Å². The summed E-state index contributed by atoms with van der Waals surface area (Å²) in [6, 6.07) is 3.10. The maximum absolute atomic E-state index is 12.9. The molecule has 0 aromatic carbocycles. The molecule has 1 aliphatic rings. The van der Waals surface area contributed by atoms with Gasteiger partial charge in [-0.1, -0.05) is 24.4 Å². The molecule has 1 aliphatic carbocycles. The first-order valence-corrected chi connectivity index (χ1v) is 6.75. The van der Waals surface area contributed by atoms with Crippen LogP contribution in [0, 0.1) is 11.8 Å². The summed E-state index contributed by atoms with van der Waals surface area (Å²) in [5, 5.41) is 2.61. The Hall–Kier alpha value is -1.30. The second-order valence-corrected chi connectivity index (χ2v) is 5.27. The van der Waals surface area contributed by atoms with E-state index in [0.717, 1.165) is 0 Å². The van der Waals surface area contributed by atoms with Gasteiger partial charge in [-0.25, -0.2) is 4.98 Å². The SMILES string of the molecule is O=C(Nc1ncccc1Cl)C1CCCCC1C(F)(F)F. The lowest BCUT2D eigenvalue weighted by atomic mass is 9.78. The third-order valence-electron chi connectivity index (χ3n) is 3.52. The zero-order valence-corrected chi connectivity index (χ0v) is 11.3. The second-order valence-electron chi connectivity index (χ2n) is 4.86. The summed E-state index contributed by atoms with van der Waals surface area (Å²) in [4.78, 5) is 15.9. The average molecular weight is 307 g/mol. The van der Waals surface area contributed by atoms with Gasteiger partial charge in [-0.05, 0) is 25.0 Å². The molecule has 1 aromatic rings. The van der Waals surface area contributed by atoms with Gasteiger partial charge in [0.25, 0.3) is 0 Å². The summed E-state index contributed by atoms with van der Waals surface area (Å²) < 4.78 is 38.8. The lowest BCUT2D eigenvalue weighted by Gasteiger charge is -2.31. The van der Waals surface area contributed by atoms with E-state index in [4.69, 9.17) is 11.6 Å². The van der Waals surface area contributed by atoms with Crippen molar-refractivity contribution in [3.63, 3.8) is 0 Å². The molecule has 0 saturated heterocycles. The van der Waals surface area contributed by atoms with Crippen molar-refractivity contribution in [2.45, 2.75) is 31.9 Å². The number of carbonyl (C=O) groups is 1. The molecule has 0 aliphatic heterocycles. The quantitative estimate of drug-likeness (QED) is 0.896. The molecule has 20 heavy (non-hydrogen) atoms. The van der Waals surface area contributed by atoms with Crippen LogP contribution >= 0.6 is 11.6 Å². The fourth-order valence-electron chi connectivity index (χ4n) is 2.52. The molecule has 0 spiro atoms. The van der Waals surface area contributed by atoms with Gasteiger partial charge < -0.3 is 5.32 Å². The van der Waals surface area contributed by atoms with Crippen molar-refractivity contribution in [2.24, 2.45) is 11.8 Å². The number of nitrogens with one attached hydrogen (secondary N) is 1. The van der Waals surface area contributed by atoms with Gasteiger partial charge in [0.2, 0.25) is 5.91 Å². The number of alkyl halides is 3. The fourth-order valence-corrected chi connectivity index (χ4v) is 2.69. The molecule has 1 amide bonds. The van der Waals surface area contributed by atoms with Gasteiger partial charge in [0.05, 0.1) is 10.9 Å². The lowest BCUT2D eigenvalue weighted by Crippen LogP contribution is -2.39. The molecule has 2 unspecified atom stereocenters. The molecule has 1 fully saturated rings. The molecule has 3 nitrogen and oxygen atoms in total. The zero-order chi connectivity index (χ0) is 14.8. The minimum absolute atomic E-state index is 0.00244. The van der Waals surface area contributed by atoms with Crippen LogP contribution in [0.3, 0.4) is 0 Å². The molecule has 2 rings (SSSR count). The maximum Gasteiger partial charge on any atom is 0.392 e. The number of anilines is 1. The van der Waals surface area contributed by atoms with Gasteiger partial charge in [-0.2, -0.15) is 13.2 Å². The Morgan fingerprint density at radius 3 is 2.70 bits per heavy atom. The van der Waals surface area contributed by atoms with Crippen molar-refractivity contribution in [3.8, 4) is 0 Å². The van der Waals surface area contributed by atoms with Crippen molar-refractivity contribution in [1.29, 1.82) is 0 Å². The highest BCUT2D eigenvalue weighted by Crippen LogP contribution is 2.41. The molecule has 1 N–H and O–H groups in total. The number of aromatic nitrogens is 1. The van der Waals surface area contributed by atoms with Crippen LogP contribution in [0.4, 0.5) is 19.0 Å². The molecule has 1 saturated carbocycles. The lowest BCUT2D eigenvalue weighted by molar-refractivity contribution is -0.197. The minimum Gasteiger partial charge on any atom is -0.309 e. The Kier molecular flexibility index (Phi) is 4.52. The van der Waals surface area contributed by atoms with E-state index in [9.17, 15) is 18.0 Å². The summed E-state index contributed by atoms with van der Waals surface area (Å²) in [5.41, 5.74) is 0. The Balaban J connectivity index is 2.13. The highest BCUT2D eigenvalue weighted by molar-refractivity contribution is 6.33. The van der Waals surface area contributed by atoms with Crippen LogP contribution < -0.4 is 5.32 Å². The monoisotopic (exact) mass is 306 g/mol. The first-order chi connectivity index (χ1) is 9.39. The smallest absolute Gasteiger partial charge is 0.309 e. The van der Waals surface area contributed by atoms with Crippen molar-refractivity contribution in [1.82, 2.24) is 4.98 Å². The molecule has 2 atom stereocenters. The number of rotatable bonds is 2. The van der Waals surface area contributed by atoms with E-state index in [-0.39, 0.29) is 23.7 Å². The minimum atomic E-state index is -4.35. The molecule has 1 heterocycles. The predicted octanol–water partition coefficient (Wildman–Crippen LogP) is 4.04. The number of amides is 1. The number of hydrogen-bond donors (Lipinski definition) is 1. The summed E-state index contributed by atoms with van der Waals surface area (Å²) in [5.74, 6) is -3.21. The Morgan fingerprint density at radius 1 is 1.35 bits per heavy atom. The highest BCUT2D eigenvalue weighted by Gasteiger charge is 2.48. The Labute approximate surface area is 119 Å². The Morgan fingerprint density at radius 2 is 2.05 bits per heavy atom. The van der Waals surface area contributed by atoms with Crippen molar-refractivity contribution in [3.05, 3.63) is 23.4 Å². The largest absolute Gasteiger partial charge is 0.392 e. The van der Waals surface area contributed by atoms with Crippen molar-refractivity contribution >= 4 is 23.3 Å². The van der Waals surface area contributed by atoms with Gasteiger partial charge >= 0.3 is 6.18 Å². The summed E-state index contributed by atoms with van der Waals surface area (Å²) in [6.07, 6.45) is -1.57. The Bertz CT molecular complexity index is 493. The number of carbonyl (C=O) groups excluding carboxylic acids is 1. The van der Waals surface area contributed by atoms with E-state index >= 15 is 0 Å².